The van der Waals surface area contributed by atoms with Crippen molar-refractivity contribution < 1.29 is 10.2 Å². The SMILES string of the molecule is OC1(c2ccnc(Cl)c2)C2CCCC1CN(C1CCCC1)C2.OC1(c2ccnc(Cl)c2)C2CCCC1CN(C1CCCC1)C2. The Hall–Kier alpha value is -1.28. The van der Waals surface area contributed by atoms with E-state index in [1.54, 1.807) is 12.4 Å². The van der Waals surface area contributed by atoms with E-state index < -0.39 is 11.2 Å². The van der Waals surface area contributed by atoms with Gasteiger partial charge in [-0.1, -0.05) is 61.7 Å². The summed E-state index contributed by atoms with van der Waals surface area (Å²) in [7, 11) is 0. The molecule has 8 heteroatoms. The molecule has 4 bridgehead atoms. The van der Waals surface area contributed by atoms with Crippen LogP contribution in [0.25, 0.3) is 0 Å². The lowest BCUT2D eigenvalue weighted by atomic mass is 9.62. The third-order valence-corrected chi connectivity index (χ3v) is 13.0. The summed E-state index contributed by atoms with van der Waals surface area (Å²) < 4.78 is 0. The van der Waals surface area contributed by atoms with Crippen LogP contribution in [0.15, 0.2) is 36.7 Å². The van der Waals surface area contributed by atoms with Crippen molar-refractivity contribution in [3.8, 4) is 0 Å². The van der Waals surface area contributed by atoms with Gasteiger partial charge in [0.2, 0.25) is 0 Å². The Morgan fingerprint density at radius 1 is 0.545 bits per heavy atom. The van der Waals surface area contributed by atoms with Gasteiger partial charge < -0.3 is 10.2 Å². The zero-order chi connectivity index (χ0) is 30.3. The molecule has 2 saturated heterocycles. The topological polar surface area (TPSA) is 72.7 Å². The van der Waals surface area contributed by atoms with Crippen molar-refractivity contribution in [1.82, 2.24) is 19.8 Å². The van der Waals surface area contributed by atoms with Gasteiger partial charge in [-0.25, -0.2) is 9.97 Å². The standard InChI is InChI=1S/2C18H25ClN2O/c2*19-17-10-13(8-9-20-17)18(22)14-4-3-5-15(18)12-21(11-14)16-6-1-2-7-16/h2*8-10,14-16,22H,1-7,11-12H2. The number of hydrogen-bond acceptors (Lipinski definition) is 6. The Bertz CT molecular complexity index is 1160. The van der Waals surface area contributed by atoms with E-state index in [-0.39, 0.29) is 0 Å². The van der Waals surface area contributed by atoms with Gasteiger partial charge in [0.1, 0.15) is 10.3 Å². The number of likely N-dealkylation sites (tertiary alicyclic amines) is 2. The van der Waals surface area contributed by atoms with E-state index in [9.17, 15) is 10.2 Å². The van der Waals surface area contributed by atoms with Crippen molar-refractivity contribution >= 4 is 23.2 Å². The molecule has 8 rings (SSSR count). The number of pyridine rings is 2. The highest BCUT2D eigenvalue weighted by atomic mass is 35.5. The number of piperidine rings is 2. The monoisotopic (exact) mass is 640 g/mol. The van der Waals surface area contributed by atoms with Crippen molar-refractivity contribution in [1.29, 1.82) is 0 Å². The minimum Gasteiger partial charge on any atom is -0.384 e. The van der Waals surface area contributed by atoms with Gasteiger partial charge in [0.05, 0.1) is 11.2 Å². The van der Waals surface area contributed by atoms with Crippen molar-refractivity contribution in [2.75, 3.05) is 26.2 Å². The first-order chi connectivity index (χ1) is 21.4. The van der Waals surface area contributed by atoms with Crippen LogP contribution in [0.1, 0.15) is 101 Å². The second-order valence-corrected chi connectivity index (χ2v) is 15.6. The normalized spacial score (nSPS) is 36.6. The lowest BCUT2D eigenvalue weighted by Crippen LogP contribution is -2.59. The minimum absolute atomic E-state index is 0.332. The molecule has 6 aliphatic rings. The lowest BCUT2D eigenvalue weighted by Gasteiger charge is -2.54. The van der Waals surface area contributed by atoms with Crippen molar-refractivity contribution in [2.24, 2.45) is 23.7 Å². The highest BCUT2D eigenvalue weighted by Crippen LogP contribution is 2.51. The van der Waals surface area contributed by atoms with Crippen LogP contribution in [0.2, 0.25) is 10.3 Å². The maximum absolute atomic E-state index is 11.6. The largest absolute Gasteiger partial charge is 0.384 e. The van der Waals surface area contributed by atoms with Crippen molar-refractivity contribution in [3.63, 3.8) is 0 Å². The second kappa shape index (κ2) is 13.1. The molecule has 4 atom stereocenters. The molecule has 6 nitrogen and oxygen atoms in total. The number of halogens is 2. The molecule has 0 aromatic carbocycles. The molecule has 2 aromatic heterocycles. The first kappa shape index (κ1) is 31.3. The third-order valence-electron chi connectivity index (χ3n) is 12.6. The van der Waals surface area contributed by atoms with E-state index >= 15 is 0 Å². The van der Waals surface area contributed by atoms with Gasteiger partial charge in [0.25, 0.3) is 0 Å². The van der Waals surface area contributed by atoms with Gasteiger partial charge in [-0.3, -0.25) is 9.80 Å². The minimum atomic E-state index is -0.708. The highest BCUT2D eigenvalue weighted by Gasteiger charge is 2.53. The lowest BCUT2D eigenvalue weighted by molar-refractivity contribution is -0.153. The van der Waals surface area contributed by atoms with Crippen LogP contribution in [0.3, 0.4) is 0 Å². The highest BCUT2D eigenvalue weighted by molar-refractivity contribution is 6.29. The van der Waals surface area contributed by atoms with Crippen LogP contribution < -0.4 is 0 Å². The summed E-state index contributed by atoms with van der Waals surface area (Å²) >= 11 is 12.2. The van der Waals surface area contributed by atoms with E-state index in [1.807, 2.05) is 24.3 Å². The summed E-state index contributed by atoms with van der Waals surface area (Å²) in [6, 6.07) is 9.18. The molecule has 44 heavy (non-hydrogen) atoms. The number of nitrogens with zero attached hydrogens (tertiary/aromatic N) is 4. The van der Waals surface area contributed by atoms with Crippen LogP contribution in [-0.2, 0) is 11.2 Å². The molecule has 0 radical (unpaired) electrons. The van der Waals surface area contributed by atoms with E-state index in [1.165, 1.54) is 64.2 Å². The average molecular weight is 642 g/mol. The molecule has 2 aliphatic heterocycles. The molecule has 4 unspecified atom stereocenters. The number of rotatable bonds is 4. The zero-order valence-corrected chi connectivity index (χ0v) is 27.6. The first-order valence-corrected chi connectivity index (χ1v) is 18.3. The van der Waals surface area contributed by atoms with E-state index in [0.29, 0.717) is 34.0 Å². The molecule has 4 saturated carbocycles. The molecule has 6 fully saturated rings. The Morgan fingerprint density at radius 2 is 0.886 bits per heavy atom. The summed E-state index contributed by atoms with van der Waals surface area (Å²) in [6.45, 7) is 4.16. The number of fused-ring (bicyclic) bond motifs is 4. The zero-order valence-electron chi connectivity index (χ0n) is 26.1. The molecule has 240 valence electrons. The molecular weight excluding hydrogens is 591 g/mol. The summed E-state index contributed by atoms with van der Waals surface area (Å²) in [4.78, 5) is 13.5. The Labute approximate surface area is 273 Å². The van der Waals surface area contributed by atoms with Gasteiger partial charge >= 0.3 is 0 Å². The Morgan fingerprint density at radius 3 is 1.20 bits per heavy atom. The average Bonchev–Trinajstić information content (AvgIpc) is 3.73. The van der Waals surface area contributed by atoms with Gasteiger partial charge in [0, 0.05) is 74.3 Å². The molecule has 2 aromatic rings. The van der Waals surface area contributed by atoms with Crippen LogP contribution in [-0.4, -0.2) is 68.2 Å². The summed E-state index contributed by atoms with van der Waals surface area (Å²) in [6.07, 6.45) is 21.3. The van der Waals surface area contributed by atoms with Gasteiger partial charge in [0.15, 0.2) is 0 Å². The van der Waals surface area contributed by atoms with Crippen LogP contribution in [0, 0.1) is 23.7 Å². The maximum Gasteiger partial charge on any atom is 0.129 e. The first-order valence-electron chi connectivity index (χ1n) is 17.5. The van der Waals surface area contributed by atoms with Crippen molar-refractivity contribution in [3.05, 3.63) is 58.1 Å². The Kier molecular flexibility index (Phi) is 9.31. The fourth-order valence-corrected chi connectivity index (χ4v) is 10.7. The number of aromatic nitrogens is 2. The van der Waals surface area contributed by atoms with Crippen LogP contribution in [0.4, 0.5) is 0 Å². The predicted molar refractivity (Wildman–Crippen MR) is 176 cm³/mol. The molecular formula is C36H50Cl2N4O2. The van der Waals surface area contributed by atoms with Gasteiger partial charge in [-0.2, -0.15) is 0 Å². The number of aliphatic hydroxyl groups is 2. The third kappa shape index (κ3) is 5.86. The van der Waals surface area contributed by atoms with Crippen LogP contribution >= 0.6 is 23.2 Å². The molecule has 4 heterocycles. The van der Waals surface area contributed by atoms with E-state index in [0.717, 1.165) is 75.1 Å². The molecule has 4 aliphatic carbocycles. The summed E-state index contributed by atoms with van der Waals surface area (Å²) in [5.74, 6) is 1.33. The van der Waals surface area contributed by atoms with Crippen molar-refractivity contribution in [2.45, 2.75) is 113 Å². The molecule has 0 spiro atoms. The predicted octanol–water partition coefficient (Wildman–Crippen LogP) is 7.19. The van der Waals surface area contributed by atoms with Gasteiger partial charge in [-0.15, -0.1) is 0 Å². The fourth-order valence-electron chi connectivity index (χ4n) is 10.4. The summed E-state index contributed by atoms with van der Waals surface area (Å²) in [5, 5.41) is 24.2. The molecule has 2 N–H and O–H groups in total. The second-order valence-electron chi connectivity index (χ2n) is 14.8. The van der Waals surface area contributed by atoms with Gasteiger partial charge in [-0.05, 0) is 86.8 Å². The maximum atomic E-state index is 11.6. The summed E-state index contributed by atoms with van der Waals surface area (Å²) in [5.41, 5.74) is 0.543. The smallest absolute Gasteiger partial charge is 0.129 e. The van der Waals surface area contributed by atoms with Crippen LogP contribution in [0.5, 0.6) is 0 Å². The fraction of sp³-hybridized carbons (Fsp3) is 0.722. The van der Waals surface area contributed by atoms with E-state index in [2.05, 4.69) is 19.8 Å². The molecule has 0 amide bonds. The van der Waals surface area contributed by atoms with E-state index in [4.69, 9.17) is 23.2 Å². The number of hydrogen-bond donors (Lipinski definition) is 2. The quantitative estimate of drug-likeness (QED) is 0.345. The Balaban J connectivity index is 0.000000142.